The van der Waals surface area contributed by atoms with Gasteiger partial charge in [-0.15, -0.1) is 0 Å². The number of imide groups is 1. The van der Waals surface area contributed by atoms with Crippen LogP contribution in [0.1, 0.15) is 17.9 Å². The van der Waals surface area contributed by atoms with Gasteiger partial charge in [0.2, 0.25) is 11.8 Å². The maximum Gasteiger partial charge on any atom is 0.234 e. The molecule has 84 valence electrons. The van der Waals surface area contributed by atoms with Gasteiger partial charge in [-0.25, -0.2) is 0 Å². The van der Waals surface area contributed by atoms with E-state index in [-0.39, 0.29) is 24.2 Å². The number of hydrogen-bond acceptors (Lipinski definition) is 3. The van der Waals surface area contributed by atoms with Crippen molar-refractivity contribution in [2.45, 2.75) is 12.3 Å². The molecule has 1 atom stereocenters. The second-order valence-corrected chi connectivity index (χ2v) is 4.42. The molecule has 16 heavy (non-hydrogen) atoms. The van der Waals surface area contributed by atoms with Crippen LogP contribution < -0.4 is 10.1 Å². The fourth-order valence-corrected chi connectivity index (χ4v) is 2.28. The highest BCUT2D eigenvalue weighted by Crippen LogP contribution is 2.31. The third-order valence-corrected chi connectivity index (χ3v) is 3.17. The van der Waals surface area contributed by atoms with Gasteiger partial charge in [-0.3, -0.25) is 14.9 Å². The van der Waals surface area contributed by atoms with E-state index in [1.165, 1.54) is 0 Å². The highest BCUT2D eigenvalue weighted by atomic mass is 79.9. The number of carbonyl (C=O) groups excluding carboxylic acids is 2. The van der Waals surface area contributed by atoms with Crippen LogP contribution in [0.3, 0.4) is 0 Å². The summed E-state index contributed by atoms with van der Waals surface area (Å²) in [5.74, 6) is -0.132. The number of ether oxygens (including phenoxy) is 1. The zero-order valence-corrected chi connectivity index (χ0v) is 10.2. The fraction of sp³-hybridized carbons (Fsp3) is 0.273. The number of hydrogen-bond donors (Lipinski definition) is 1. The summed E-state index contributed by atoms with van der Waals surface area (Å²) in [4.78, 5) is 22.5. The van der Waals surface area contributed by atoms with Gasteiger partial charge in [-0.1, -0.05) is 6.07 Å². The zero-order valence-electron chi connectivity index (χ0n) is 8.62. The van der Waals surface area contributed by atoms with E-state index in [9.17, 15) is 9.59 Å². The van der Waals surface area contributed by atoms with Gasteiger partial charge in [-0.2, -0.15) is 0 Å². The molecule has 0 spiro atoms. The Bertz CT molecular complexity index is 459. The van der Waals surface area contributed by atoms with Crippen molar-refractivity contribution in [2.24, 2.45) is 0 Å². The van der Waals surface area contributed by atoms with Gasteiger partial charge in [0, 0.05) is 6.42 Å². The van der Waals surface area contributed by atoms with Gasteiger partial charge < -0.3 is 4.74 Å². The SMILES string of the molecule is COc1ccc(C2CC(=O)NC2=O)cc1Br. The first kappa shape index (κ1) is 11.1. The molecule has 1 aliphatic rings. The summed E-state index contributed by atoms with van der Waals surface area (Å²) in [6, 6.07) is 5.38. The van der Waals surface area contributed by atoms with E-state index >= 15 is 0 Å². The van der Waals surface area contributed by atoms with E-state index in [1.54, 1.807) is 19.2 Å². The summed E-state index contributed by atoms with van der Waals surface area (Å²) in [6.07, 6.45) is 0.220. The smallest absolute Gasteiger partial charge is 0.234 e. The summed E-state index contributed by atoms with van der Waals surface area (Å²) in [6.45, 7) is 0. The molecule has 0 bridgehead atoms. The third kappa shape index (κ3) is 1.95. The number of benzene rings is 1. The molecule has 1 fully saturated rings. The van der Waals surface area contributed by atoms with E-state index in [0.717, 1.165) is 10.0 Å². The topological polar surface area (TPSA) is 55.4 Å². The van der Waals surface area contributed by atoms with E-state index in [0.29, 0.717) is 5.75 Å². The average molecular weight is 284 g/mol. The van der Waals surface area contributed by atoms with Crippen LogP contribution in [-0.4, -0.2) is 18.9 Å². The Balaban J connectivity index is 2.31. The highest BCUT2D eigenvalue weighted by Gasteiger charge is 2.31. The van der Waals surface area contributed by atoms with Crippen molar-refractivity contribution in [1.29, 1.82) is 0 Å². The highest BCUT2D eigenvalue weighted by molar-refractivity contribution is 9.10. The summed E-state index contributed by atoms with van der Waals surface area (Å²) in [7, 11) is 1.57. The van der Waals surface area contributed by atoms with E-state index in [1.807, 2.05) is 6.07 Å². The van der Waals surface area contributed by atoms with Gasteiger partial charge in [0.15, 0.2) is 0 Å². The van der Waals surface area contributed by atoms with Crippen molar-refractivity contribution in [2.75, 3.05) is 7.11 Å². The lowest BCUT2D eigenvalue weighted by atomic mass is 9.98. The number of rotatable bonds is 2. The lowest BCUT2D eigenvalue weighted by Gasteiger charge is -2.09. The third-order valence-electron chi connectivity index (χ3n) is 2.55. The molecule has 0 saturated carbocycles. The molecule has 1 aromatic carbocycles. The van der Waals surface area contributed by atoms with Crippen molar-refractivity contribution in [3.8, 4) is 5.75 Å². The quantitative estimate of drug-likeness (QED) is 0.839. The lowest BCUT2D eigenvalue weighted by Crippen LogP contribution is -2.21. The largest absolute Gasteiger partial charge is 0.496 e. The molecule has 5 heteroatoms. The van der Waals surface area contributed by atoms with Crippen LogP contribution in [0.15, 0.2) is 22.7 Å². The molecule has 1 aliphatic heterocycles. The molecule has 2 rings (SSSR count). The molecule has 1 aromatic rings. The second kappa shape index (κ2) is 4.25. The molecule has 4 nitrogen and oxygen atoms in total. The van der Waals surface area contributed by atoms with Crippen LogP contribution in [0.2, 0.25) is 0 Å². The molecule has 1 unspecified atom stereocenters. The molecule has 1 saturated heterocycles. The second-order valence-electron chi connectivity index (χ2n) is 3.56. The maximum atomic E-state index is 11.5. The summed E-state index contributed by atoms with van der Waals surface area (Å²) in [5.41, 5.74) is 0.816. The van der Waals surface area contributed by atoms with Crippen LogP contribution in [0.4, 0.5) is 0 Å². The standard InChI is InChI=1S/C11H10BrNO3/c1-16-9-3-2-6(4-8(9)12)7-5-10(14)13-11(7)15/h2-4,7H,5H2,1H3,(H,13,14,15). The number of amides is 2. The molecule has 0 aliphatic carbocycles. The Morgan fingerprint density at radius 3 is 2.69 bits per heavy atom. The minimum atomic E-state index is -0.380. The normalized spacial score (nSPS) is 19.8. The van der Waals surface area contributed by atoms with Gasteiger partial charge in [0.05, 0.1) is 17.5 Å². The Hall–Kier alpha value is -1.36. The molecular weight excluding hydrogens is 274 g/mol. The summed E-state index contributed by atoms with van der Waals surface area (Å²) in [5, 5.41) is 2.29. The molecule has 0 aromatic heterocycles. The van der Waals surface area contributed by atoms with Gasteiger partial charge >= 0.3 is 0 Å². The van der Waals surface area contributed by atoms with Crippen molar-refractivity contribution in [3.63, 3.8) is 0 Å². The van der Waals surface area contributed by atoms with E-state index < -0.39 is 0 Å². The summed E-state index contributed by atoms with van der Waals surface area (Å²) >= 11 is 3.35. The van der Waals surface area contributed by atoms with Crippen molar-refractivity contribution >= 4 is 27.7 Å². The number of carbonyl (C=O) groups is 2. The van der Waals surface area contributed by atoms with Crippen molar-refractivity contribution in [3.05, 3.63) is 28.2 Å². The number of nitrogens with one attached hydrogen (secondary N) is 1. The zero-order chi connectivity index (χ0) is 11.7. The Kier molecular flexibility index (Phi) is 2.96. The average Bonchev–Trinajstić information content (AvgIpc) is 2.58. The fourth-order valence-electron chi connectivity index (χ4n) is 1.72. The molecule has 0 radical (unpaired) electrons. The predicted octanol–water partition coefficient (Wildman–Crippen LogP) is 1.59. The minimum Gasteiger partial charge on any atom is -0.496 e. The Labute approximate surface area is 101 Å². The minimum absolute atomic E-state index is 0.220. The lowest BCUT2D eigenvalue weighted by molar-refractivity contribution is -0.125. The first-order valence-corrected chi connectivity index (χ1v) is 5.58. The summed E-state index contributed by atoms with van der Waals surface area (Å²) < 4.78 is 5.87. The first-order chi connectivity index (χ1) is 7.61. The molecule has 1 heterocycles. The van der Waals surface area contributed by atoms with E-state index in [4.69, 9.17) is 4.74 Å². The Morgan fingerprint density at radius 1 is 1.44 bits per heavy atom. The van der Waals surface area contributed by atoms with Crippen LogP contribution in [0, 0.1) is 0 Å². The van der Waals surface area contributed by atoms with Gasteiger partial charge in [0.1, 0.15) is 5.75 Å². The van der Waals surface area contributed by atoms with Crippen LogP contribution in [0.5, 0.6) is 5.75 Å². The number of methoxy groups -OCH3 is 1. The van der Waals surface area contributed by atoms with Gasteiger partial charge in [-0.05, 0) is 33.6 Å². The van der Waals surface area contributed by atoms with Gasteiger partial charge in [0.25, 0.3) is 0 Å². The Morgan fingerprint density at radius 2 is 2.19 bits per heavy atom. The maximum absolute atomic E-state index is 11.5. The van der Waals surface area contributed by atoms with Crippen LogP contribution >= 0.6 is 15.9 Å². The van der Waals surface area contributed by atoms with Crippen molar-refractivity contribution < 1.29 is 14.3 Å². The number of halogens is 1. The predicted molar refractivity (Wildman–Crippen MR) is 61.2 cm³/mol. The monoisotopic (exact) mass is 283 g/mol. The molecular formula is C11H10BrNO3. The van der Waals surface area contributed by atoms with E-state index in [2.05, 4.69) is 21.2 Å². The van der Waals surface area contributed by atoms with Crippen molar-refractivity contribution in [1.82, 2.24) is 5.32 Å². The first-order valence-electron chi connectivity index (χ1n) is 4.79. The molecule has 2 amide bonds. The van der Waals surface area contributed by atoms with Crippen LogP contribution in [-0.2, 0) is 9.59 Å². The van der Waals surface area contributed by atoms with Crippen LogP contribution in [0.25, 0.3) is 0 Å². The molecule has 1 N–H and O–H groups in total.